The van der Waals surface area contributed by atoms with Crippen molar-refractivity contribution in [3.63, 3.8) is 0 Å². The summed E-state index contributed by atoms with van der Waals surface area (Å²) in [4.78, 5) is 12.3. The summed E-state index contributed by atoms with van der Waals surface area (Å²) in [5, 5.41) is 2.92. The Morgan fingerprint density at radius 3 is 2.55 bits per heavy atom. The molecule has 3 rings (SSSR count). The molecule has 0 saturated carbocycles. The van der Waals surface area contributed by atoms with E-state index in [1.165, 1.54) is 0 Å². The number of carbonyl (C=O) groups is 1. The molecule has 0 aliphatic carbocycles. The van der Waals surface area contributed by atoms with Crippen molar-refractivity contribution in [1.29, 1.82) is 0 Å². The molecule has 3 nitrogen and oxygen atoms in total. The fourth-order valence-corrected chi connectivity index (χ4v) is 3.57. The van der Waals surface area contributed by atoms with E-state index in [-0.39, 0.29) is 5.91 Å². The highest BCUT2D eigenvalue weighted by atomic mass is 127. The van der Waals surface area contributed by atoms with E-state index in [1.807, 2.05) is 61.2 Å². The van der Waals surface area contributed by atoms with E-state index >= 15 is 0 Å². The van der Waals surface area contributed by atoms with Gasteiger partial charge in [0.05, 0.1) is 5.56 Å². The average molecular weight is 425 g/mol. The minimum Gasteiger partial charge on any atom is -0.489 e. The van der Waals surface area contributed by atoms with Gasteiger partial charge in [0.1, 0.15) is 11.9 Å². The van der Waals surface area contributed by atoms with Gasteiger partial charge in [-0.2, -0.15) is 11.8 Å². The second kappa shape index (κ2) is 6.91. The molecule has 22 heavy (non-hydrogen) atoms. The van der Waals surface area contributed by atoms with E-state index in [9.17, 15) is 4.79 Å². The minimum atomic E-state index is -0.0894. The fourth-order valence-electron chi connectivity index (χ4n) is 2.09. The van der Waals surface area contributed by atoms with Gasteiger partial charge >= 0.3 is 0 Å². The van der Waals surface area contributed by atoms with Crippen LogP contribution in [-0.2, 0) is 0 Å². The minimum absolute atomic E-state index is 0.0894. The van der Waals surface area contributed by atoms with Crippen LogP contribution in [0.2, 0.25) is 0 Å². The molecule has 5 heteroatoms. The third kappa shape index (κ3) is 3.76. The Morgan fingerprint density at radius 2 is 1.95 bits per heavy atom. The molecule has 1 heterocycles. The van der Waals surface area contributed by atoms with Crippen LogP contribution >= 0.6 is 34.4 Å². The first-order chi connectivity index (χ1) is 10.6. The summed E-state index contributed by atoms with van der Waals surface area (Å²) in [6.45, 7) is 2.02. The maximum absolute atomic E-state index is 12.3. The largest absolute Gasteiger partial charge is 0.489 e. The topological polar surface area (TPSA) is 38.3 Å². The quantitative estimate of drug-likeness (QED) is 0.741. The molecule has 1 N–H and O–H groups in total. The molecule has 1 aliphatic heterocycles. The molecule has 1 aliphatic rings. The number of carbonyl (C=O) groups excluding carboxylic acids is 1. The Kier molecular flexibility index (Phi) is 4.93. The van der Waals surface area contributed by atoms with Gasteiger partial charge in [0.25, 0.3) is 5.91 Å². The molecule has 0 aromatic heterocycles. The predicted octanol–water partition coefficient (Wildman–Crippen LogP) is 4.35. The molecule has 0 bridgehead atoms. The van der Waals surface area contributed by atoms with Crippen molar-refractivity contribution in [2.24, 2.45) is 0 Å². The number of nitrogens with one attached hydrogen (secondary N) is 1. The molecule has 0 atom stereocenters. The molecule has 1 saturated heterocycles. The summed E-state index contributed by atoms with van der Waals surface area (Å²) in [5.74, 6) is 2.89. The standard InChI is InChI=1S/C17H16INO2S/c1-11-2-7-15(16(18)8-11)17(20)19-12-3-5-13(6-4-12)21-14-9-22-10-14/h2-8,14H,9-10H2,1H3,(H,19,20). The number of aryl methyl sites for hydroxylation is 1. The molecule has 1 amide bonds. The summed E-state index contributed by atoms with van der Waals surface area (Å²) in [6, 6.07) is 13.4. The van der Waals surface area contributed by atoms with Gasteiger partial charge in [-0.05, 0) is 65.9 Å². The van der Waals surface area contributed by atoms with Crippen LogP contribution in [0.3, 0.4) is 0 Å². The molecule has 0 spiro atoms. The molecular formula is C17H16INO2S. The van der Waals surface area contributed by atoms with E-state index in [2.05, 4.69) is 27.9 Å². The van der Waals surface area contributed by atoms with Crippen LogP contribution in [0, 0.1) is 10.5 Å². The summed E-state index contributed by atoms with van der Waals surface area (Å²) in [6.07, 6.45) is 0.333. The van der Waals surface area contributed by atoms with Crippen LogP contribution in [0.1, 0.15) is 15.9 Å². The summed E-state index contributed by atoms with van der Waals surface area (Å²) in [7, 11) is 0. The maximum Gasteiger partial charge on any atom is 0.256 e. The van der Waals surface area contributed by atoms with Crippen molar-refractivity contribution in [1.82, 2.24) is 0 Å². The fraction of sp³-hybridized carbons (Fsp3) is 0.235. The number of amides is 1. The Balaban J connectivity index is 1.65. The van der Waals surface area contributed by atoms with Crippen LogP contribution in [0.5, 0.6) is 5.75 Å². The maximum atomic E-state index is 12.3. The Labute approximate surface area is 148 Å². The lowest BCUT2D eigenvalue weighted by molar-refractivity contribution is 0.102. The number of hydrogen-bond donors (Lipinski definition) is 1. The highest BCUT2D eigenvalue weighted by Crippen LogP contribution is 2.25. The predicted molar refractivity (Wildman–Crippen MR) is 100 cm³/mol. The Bertz CT molecular complexity index is 684. The molecular weight excluding hydrogens is 409 g/mol. The highest BCUT2D eigenvalue weighted by molar-refractivity contribution is 14.1. The molecule has 114 valence electrons. The zero-order chi connectivity index (χ0) is 15.5. The van der Waals surface area contributed by atoms with Crippen LogP contribution in [0.4, 0.5) is 5.69 Å². The Hall–Kier alpha value is -1.21. The monoisotopic (exact) mass is 425 g/mol. The lowest BCUT2D eigenvalue weighted by atomic mass is 10.1. The van der Waals surface area contributed by atoms with Crippen molar-refractivity contribution in [3.8, 4) is 5.75 Å². The zero-order valence-electron chi connectivity index (χ0n) is 12.1. The number of anilines is 1. The first-order valence-corrected chi connectivity index (χ1v) is 9.27. The number of rotatable bonds is 4. The number of benzene rings is 2. The average Bonchev–Trinajstić information content (AvgIpc) is 2.44. The van der Waals surface area contributed by atoms with Gasteiger partial charge in [0.15, 0.2) is 0 Å². The first-order valence-electron chi connectivity index (χ1n) is 7.04. The van der Waals surface area contributed by atoms with Crippen LogP contribution < -0.4 is 10.1 Å². The number of halogens is 1. The zero-order valence-corrected chi connectivity index (χ0v) is 15.1. The second-order valence-electron chi connectivity index (χ2n) is 5.24. The van der Waals surface area contributed by atoms with Gasteiger partial charge in [0.2, 0.25) is 0 Å². The summed E-state index contributed by atoms with van der Waals surface area (Å²) in [5.41, 5.74) is 2.62. The van der Waals surface area contributed by atoms with Crippen LogP contribution in [0.25, 0.3) is 0 Å². The normalized spacial score (nSPS) is 14.3. The van der Waals surface area contributed by atoms with E-state index in [0.717, 1.165) is 32.1 Å². The lowest BCUT2D eigenvalue weighted by Gasteiger charge is -2.25. The van der Waals surface area contributed by atoms with Crippen molar-refractivity contribution >= 4 is 45.9 Å². The number of ether oxygens (including phenoxy) is 1. The highest BCUT2D eigenvalue weighted by Gasteiger charge is 2.19. The number of thioether (sulfide) groups is 1. The van der Waals surface area contributed by atoms with Crippen LogP contribution in [-0.4, -0.2) is 23.5 Å². The van der Waals surface area contributed by atoms with Crippen molar-refractivity contribution in [2.75, 3.05) is 16.8 Å². The van der Waals surface area contributed by atoms with Gasteiger partial charge in [-0.25, -0.2) is 0 Å². The van der Waals surface area contributed by atoms with Crippen molar-refractivity contribution in [2.45, 2.75) is 13.0 Å². The van der Waals surface area contributed by atoms with Crippen molar-refractivity contribution in [3.05, 3.63) is 57.2 Å². The van der Waals surface area contributed by atoms with Gasteiger partial charge in [-0.15, -0.1) is 0 Å². The van der Waals surface area contributed by atoms with Gasteiger partial charge in [-0.3, -0.25) is 4.79 Å². The van der Waals surface area contributed by atoms with E-state index in [4.69, 9.17) is 4.74 Å². The third-order valence-electron chi connectivity index (χ3n) is 3.39. The van der Waals surface area contributed by atoms with E-state index < -0.39 is 0 Å². The lowest BCUT2D eigenvalue weighted by Crippen LogP contribution is -2.30. The second-order valence-corrected chi connectivity index (χ2v) is 7.48. The molecule has 0 radical (unpaired) electrons. The summed E-state index contributed by atoms with van der Waals surface area (Å²) >= 11 is 4.08. The van der Waals surface area contributed by atoms with Gasteiger partial charge in [-0.1, -0.05) is 11.6 Å². The molecule has 1 fully saturated rings. The molecule has 2 aromatic rings. The van der Waals surface area contributed by atoms with Gasteiger partial charge < -0.3 is 10.1 Å². The van der Waals surface area contributed by atoms with E-state index in [1.54, 1.807) is 0 Å². The smallest absolute Gasteiger partial charge is 0.256 e. The molecule has 2 aromatic carbocycles. The van der Waals surface area contributed by atoms with E-state index in [0.29, 0.717) is 11.7 Å². The van der Waals surface area contributed by atoms with Gasteiger partial charge in [0, 0.05) is 20.8 Å². The first kappa shape index (κ1) is 15.7. The third-order valence-corrected chi connectivity index (χ3v) is 5.50. The Morgan fingerprint density at radius 1 is 1.23 bits per heavy atom. The van der Waals surface area contributed by atoms with Crippen LogP contribution in [0.15, 0.2) is 42.5 Å². The van der Waals surface area contributed by atoms with Crippen molar-refractivity contribution < 1.29 is 9.53 Å². The summed E-state index contributed by atoms with van der Waals surface area (Å²) < 4.78 is 6.75. The number of hydrogen-bond acceptors (Lipinski definition) is 3. The molecule has 0 unspecified atom stereocenters. The SMILES string of the molecule is Cc1ccc(C(=O)Nc2ccc(OC3CSC3)cc2)c(I)c1.